The summed E-state index contributed by atoms with van der Waals surface area (Å²) in [6.45, 7) is 3.92. The summed E-state index contributed by atoms with van der Waals surface area (Å²) in [6.07, 6.45) is 2.86. The molecule has 0 unspecified atom stereocenters. The second-order valence-corrected chi connectivity index (χ2v) is 5.35. The molecule has 7 heteroatoms. The first-order valence-corrected chi connectivity index (χ1v) is 6.93. The summed E-state index contributed by atoms with van der Waals surface area (Å²) < 4.78 is 7.03. The normalized spacial score (nSPS) is 28.0. The third kappa shape index (κ3) is 2.44. The molecule has 2 saturated heterocycles. The Labute approximate surface area is 117 Å². The maximum atomic E-state index is 12.4. The summed E-state index contributed by atoms with van der Waals surface area (Å²) >= 11 is 0. The lowest BCUT2D eigenvalue weighted by Gasteiger charge is -2.33. The highest BCUT2D eigenvalue weighted by molar-refractivity contribution is 5.91. The van der Waals surface area contributed by atoms with E-state index in [2.05, 4.69) is 9.88 Å². The van der Waals surface area contributed by atoms with Crippen LogP contribution in [0.5, 0.6) is 0 Å². The summed E-state index contributed by atoms with van der Waals surface area (Å²) in [6, 6.07) is 0.00289. The maximum Gasteiger partial charge on any atom is 0.289 e. The molecule has 0 saturated carbocycles. The minimum Gasteiger partial charge on any atom is -0.390 e. The molecule has 1 aromatic rings. The molecule has 0 radical (unpaired) electrons. The van der Waals surface area contributed by atoms with Crippen LogP contribution in [0.2, 0.25) is 0 Å². The number of carbonyl (C=O) groups excluding carboxylic acids is 1. The van der Waals surface area contributed by atoms with Crippen LogP contribution >= 0.6 is 0 Å². The second-order valence-electron chi connectivity index (χ2n) is 5.35. The first kappa shape index (κ1) is 13.5. The van der Waals surface area contributed by atoms with E-state index in [0.29, 0.717) is 32.1 Å². The highest BCUT2D eigenvalue weighted by Gasteiger charge is 2.39. The van der Waals surface area contributed by atoms with Gasteiger partial charge in [-0.05, 0) is 0 Å². The summed E-state index contributed by atoms with van der Waals surface area (Å²) in [7, 11) is 1.80. The number of aliphatic hydroxyl groups excluding tert-OH is 1. The van der Waals surface area contributed by atoms with Gasteiger partial charge in [0.1, 0.15) is 0 Å². The number of morpholine rings is 1. The van der Waals surface area contributed by atoms with E-state index in [1.54, 1.807) is 28.9 Å². The van der Waals surface area contributed by atoms with Crippen molar-refractivity contribution in [3.8, 4) is 0 Å². The molecule has 1 N–H and O–H groups in total. The predicted octanol–water partition coefficient (Wildman–Crippen LogP) is -1.06. The van der Waals surface area contributed by atoms with E-state index in [0.717, 1.165) is 13.1 Å². The Balaban J connectivity index is 1.68. The van der Waals surface area contributed by atoms with E-state index in [9.17, 15) is 9.90 Å². The molecule has 0 bridgehead atoms. The minimum absolute atomic E-state index is 0.00289. The molecule has 3 heterocycles. The number of aryl methyl sites for hydroxylation is 1. The number of hydrogen-bond acceptors (Lipinski definition) is 5. The van der Waals surface area contributed by atoms with E-state index < -0.39 is 6.10 Å². The Kier molecular flexibility index (Phi) is 3.73. The number of hydrogen-bond donors (Lipinski definition) is 1. The highest BCUT2D eigenvalue weighted by atomic mass is 16.5. The summed E-state index contributed by atoms with van der Waals surface area (Å²) in [5.74, 6) is 0.298. The zero-order valence-corrected chi connectivity index (χ0v) is 11.6. The Bertz CT molecular complexity index is 484. The van der Waals surface area contributed by atoms with Crippen molar-refractivity contribution < 1.29 is 14.6 Å². The van der Waals surface area contributed by atoms with Crippen LogP contribution in [-0.2, 0) is 11.8 Å². The van der Waals surface area contributed by atoms with Gasteiger partial charge in [-0.25, -0.2) is 4.98 Å². The van der Waals surface area contributed by atoms with Gasteiger partial charge in [-0.15, -0.1) is 0 Å². The van der Waals surface area contributed by atoms with Crippen LogP contribution in [0.4, 0.5) is 0 Å². The summed E-state index contributed by atoms with van der Waals surface area (Å²) in [5, 5.41) is 10.2. The number of carbonyl (C=O) groups is 1. The standard InChI is InChI=1S/C13H20N4O3/c1-15-3-2-14-12(15)13(19)17-8-10(11(18)9-17)16-4-6-20-7-5-16/h2-3,10-11,18H,4-9H2,1H3/t10-,11-/m1/s1. The number of likely N-dealkylation sites (tertiary alicyclic amines) is 1. The lowest BCUT2D eigenvalue weighted by molar-refractivity contribution is -0.00612. The lowest BCUT2D eigenvalue weighted by atomic mass is 10.2. The van der Waals surface area contributed by atoms with Gasteiger partial charge < -0.3 is 19.3 Å². The van der Waals surface area contributed by atoms with Crippen LogP contribution in [0, 0.1) is 0 Å². The van der Waals surface area contributed by atoms with Crippen molar-refractivity contribution in [3.63, 3.8) is 0 Å². The second kappa shape index (κ2) is 5.51. The number of rotatable bonds is 2. The van der Waals surface area contributed by atoms with Gasteiger partial charge >= 0.3 is 0 Å². The third-order valence-corrected chi connectivity index (χ3v) is 4.07. The van der Waals surface area contributed by atoms with Crippen molar-refractivity contribution in [1.82, 2.24) is 19.4 Å². The zero-order valence-electron chi connectivity index (χ0n) is 11.6. The van der Waals surface area contributed by atoms with Crippen molar-refractivity contribution in [2.24, 2.45) is 7.05 Å². The number of aromatic nitrogens is 2. The Morgan fingerprint density at radius 2 is 2.15 bits per heavy atom. The maximum absolute atomic E-state index is 12.4. The predicted molar refractivity (Wildman–Crippen MR) is 71.3 cm³/mol. The molecule has 1 amide bonds. The van der Waals surface area contributed by atoms with Gasteiger partial charge in [0.2, 0.25) is 0 Å². The molecular formula is C13H20N4O3. The molecule has 110 valence electrons. The first-order valence-electron chi connectivity index (χ1n) is 6.93. The average Bonchev–Trinajstić information content (AvgIpc) is 3.05. The number of amides is 1. The van der Waals surface area contributed by atoms with Gasteiger partial charge in [-0.3, -0.25) is 9.69 Å². The Hall–Kier alpha value is -1.44. The fourth-order valence-electron chi connectivity index (χ4n) is 2.92. The van der Waals surface area contributed by atoms with E-state index >= 15 is 0 Å². The molecule has 20 heavy (non-hydrogen) atoms. The number of ether oxygens (including phenoxy) is 1. The van der Waals surface area contributed by atoms with E-state index in [4.69, 9.17) is 4.74 Å². The van der Waals surface area contributed by atoms with Gasteiger partial charge in [-0.2, -0.15) is 0 Å². The topological polar surface area (TPSA) is 70.8 Å². The fraction of sp³-hybridized carbons (Fsp3) is 0.692. The van der Waals surface area contributed by atoms with Gasteiger partial charge in [0.15, 0.2) is 5.82 Å². The van der Waals surface area contributed by atoms with Crippen LogP contribution in [-0.4, -0.2) is 81.9 Å². The number of aliphatic hydroxyl groups is 1. The van der Waals surface area contributed by atoms with Crippen LogP contribution in [0.15, 0.2) is 12.4 Å². The van der Waals surface area contributed by atoms with Crippen LogP contribution in [0.1, 0.15) is 10.6 Å². The van der Waals surface area contributed by atoms with Crippen molar-refractivity contribution in [1.29, 1.82) is 0 Å². The molecule has 2 atom stereocenters. The molecule has 2 aliphatic heterocycles. The van der Waals surface area contributed by atoms with Gasteiger partial charge in [0.05, 0.1) is 25.4 Å². The average molecular weight is 280 g/mol. The molecule has 0 spiro atoms. The molecule has 2 aliphatic rings. The number of nitrogens with zero attached hydrogens (tertiary/aromatic N) is 4. The molecule has 1 aromatic heterocycles. The van der Waals surface area contributed by atoms with Crippen LogP contribution in [0.25, 0.3) is 0 Å². The Morgan fingerprint density at radius 3 is 2.80 bits per heavy atom. The van der Waals surface area contributed by atoms with E-state index in [1.165, 1.54) is 0 Å². The quantitative estimate of drug-likeness (QED) is 0.747. The van der Waals surface area contributed by atoms with Crippen LogP contribution < -0.4 is 0 Å². The van der Waals surface area contributed by atoms with Crippen molar-refractivity contribution in [2.75, 3.05) is 39.4 Å². The molecule has 2 fully saturated rings. The monoisotopic (exact) mass is 280 g/mol. The van der Waals surface area contributed by atoms with Gasteiger partial charge in [0, 0.05) is 45.6 Å². The fourth-order valence-corrected chi connectivity index (χ4v) is 2.92. The third-order valence-electron chi connectivity index (χ3n) is 4.07. The zero-order chi connectivity index (χ0) is 14.1. The smallest absolute Gasteiger partial charge is 0.289 e. The largest absolute Gasteiger partial charge is 0.390 e. The van der Waals surface area contributed by atoms with Crippen molar-refractivity contribution in [2.45, 2.75) is 12.1 Å². The lowest BCUT2D eigenvalue weighted by Crippen LogP contribution is -2.49. The van der Waals surface area contributed by atoms with Gasteiger partial charge in [-0.1, -0.05) is 0 Å². The molecule has 0 aromatic carbocycles. The summed E-state index contributed by atoms with van der Waals surface area (Å²) in [4.78, 5) is 20.4. The number of imidazole rings is 1. The minimum atomic E-state index is -0.502. The molecular weight excluding hydrogens is 260 g/mol. The van der Waals surface area contributed by atoms with Crippen molar-refractivity contribution >= 4 is 5.91 Å². The van der Waals surface area contributed by atoms with E-state index in [1.807, 2.05) is 0 Å². The first-order chi connectivity index (χ1) is 9.66. The van der Waals surface area contributed by atoms with Crippen molar-refractivity contribution in [3.05, 3.63) is 18.2 Å². The van der Waals surface area contributed by atoms with E-state index in [-0.39, 0.29) is 11.9 Å². The van der Waals surface area contributed by atoms with Gasteiger partial charge in [0.25, 0.3) is 5.91 Å². The molecule has 0 aliphatic carbocycles. The van der Waals surface area contributed by atoms with Crippen LogP contribution in [0.3, 0.4) is 0 Å². The number of β-amino-alcohol motifs (C(OH)–C–C–N with tert-alkyl or cyclic N) is 1. The molecule has 3 rings (SSSR count). The highest BCUT2D eigenvalue weighted by Crippen LogP contribution is 2.19. The summed E-state index contributed by atoms with van der Waals surface area (Å²) in [5.41, 5.74) is 0. The Morgan fingerprint density at radius 1 is 1.40 bits per heavy atom. The SMILES string of the molecule is Cn1ccnc1C(=O)N1C[C@@H](O)[C@H](N2CCOCC2)C1. The molecule has 7 nitrogen and oxygen atoms in total.